The van der Waals surface area contributed by atoms with Gasteiger partial charge in [0.25, 0.3) is 0 Å². The smallest absolute Gasteiger partial charge is 0.243 e. The van der Waals surface area contributed by atoms with Gasteiger partial charge in [0.15, 0.2) is 0 Å². The van der Waals surface area contributed by atoms with Crippen molar-refractivity contribution < 1.29 is 17.9 Å². The Kier molecular flexibility index (Phi) is 6.79. The molecule has 0 saturated carbocycles. The van der Waals surface area contributed by atoms with E-state index in [1.807, 2.05) is 11.8 Å². The van der Waals surface area contributed by atoms with Crippen molar-refractivity contribution in [3.8, 4) is 5.75 Å². The minimum Gasteiger partial charge on any atom is -0.497 e. The number of rotatable bonds is 6. The van der Waals surface area contributed by atoms with E-state index in [4.69, 9.17) is 16.3 Å². The zero-order valence-electron chi connectivity index (χ0n) is 16.4. The van der Waals surface area contributed by atoms with Crippen molar-refractivity contribution in [1.29, 1.82) is 0 Å². The molecule has 0 radical (unpaired) electrons. The Morgan fingerprint density at radius 2 is 1.76 bits per heavy atom. The van der Waals surface area contributed by atoms with Gasteiger partial charge >= 0.3 is 0 Å². The fourth-order valence-corrected chi connectivity index (χ4v) is 4.76. The zero-order valence-corrected chi connectivity index (χ0v) is 18.0. The van der Waals surface area contributed by atoms with E-state index < -0.39 is 10.0 Å². The molecular formula is C20H24ClN3O4S. The van der Waals surface area contributed by atoms with Gasteiger partial charge in [-0.3, -0.25) is 9.69 Å². The molecule has 0 bridgehead atoms. The summed E-state index contributed by atoms with van der Waals surface area (Å²) < 4.78 is 32.1. The quantitative estimate of drug-likeness (QED) is 0.751. The number of benzene rings is 2. The van der Waals surface area contributed by atoms with E-state index in [-0.39, 0.29) is 17.3 Å². The SMILES string of the molecule is COc1ccc(S(=O)(=O)N2CCN(CC(=O)Nc3cccc(Cl)c3C)CC2)cc1. The van der Waals surface area contributed by atoms with E-state index >= 15 is 0 Å². The molecule has 1 aliphatic heterocycles. The summed E-state index contributed by atoms with van der Waals surface area (Å²) in [6, 6.07) is 11.7. The molecule has 156 valence electrons. The normalized spacial score (nSPS) is 15.8. The number of nitrogens with one attached hydrogen (secondary N) is 1. The number of hydrogen-bond donors (Lipinski definition) is 1. The third kappa shape index (κ3) is 5.08. The number of ether oxygens (including phenoxy) is 1. The molecule has 0 spiro atoms. The third-order valence-electron chi connectivity index (χ3n) is 4.94. The number of carbonyl (C=O) groups is 1. The van der Waals surface area contributed by atoms with Crippen LogP contribution in [-0.4, -0.2) is 63.4 Å². The first-order chi connectivity index (χ1) is 13.8. The molecule has 1 N–H and O–H groups in total. The van der Waals surface area contributed by atoms with Gasteiger partial charge in [-0.05, 0) is 48.9 Å². The Bertz CT molecular complexity index is 972. The third-order valence-corrected chi connectivity index (χ3v) is 7.26. The molecule has 0 aliphatic carbocycles. The van der Waals surface area contributed by atoms with Gasteiger partial charge in [0.2, 0.25) is 15.9 Å². The molecular weight excluding hydrogens is 414 g/mol. The lowest BCUT2D eigenvalue weighted by Crippen LogP contribution is -2.50. The highest BCUT2D eigenvalue weighted by Crippen LogP contribution is 2.23. The van der Waals surface area contributed by atoms with E-state index in [0.29, 0.717) is 42.6 Å². The number of halogens is 1. The number of carbonyl (C=O) groups excluding carboxylic acids is 1. The van der Waals surface area contributed by atoms with E-state index in [9.17, 15) is 13.2 Å². The van der Waals surface area contributed by atoms with Crippen LogP contribution in [0.2, 0.25) is 5.02 Å². The minimum atomic E-state index is -3.56. The second-order valence-corrected chi connectivity index (χ2v) is 9.16. The van der Waals surface area contributed by atoms with Crippen LogP contribution >= 0.6 is 11.6 Å². The second kappa shape index (κ2) is 9.13. The summed E-state index contributed by atoms with van der Waals surface area (Å²) in [7, 11) is -2.03. The topological polar surface area (TPSA) is 79.0 Å². The van der Waals surface area contributed by atoms with E-state index in [0.717, 1.165) is 5.56 Å². The van der Waals surface area contributed by atoms with Crippen molar-refractivity contribution in [2.75, 3.05) is 45.2 Å². The molecule has 1 saturated heterocycles. The summed E-state index contributed by atoms with van der Waals surface area (Å²) in [4.78, 5) is 14.5. The van der Waals surface area contributed by atoms with Crippen molar-refractivity contribution in [1.82, 2.24) is 9.21 Å². The lowest BCUT2D eigenvalue weighted by atomic mass is 10.2. The Morgan fingerprint density at radius 1 is 1.10 bits per heavy atom. The van der Waals surface area contributed by atoms with E-state index in [1.165, 1.54) is 11.4 Å². The van der Waals surface area contributed by atoms with Crippen molar-refractivity contribution in [2.45, 2.75) is 11.8 Å². The van der Waals surface area contributed by atoms with Crippen LogP contribution in [0.1, 0.15) is 5.56 Å². The van der Waals surface area contributed by atoms with Crippen molar-refractivity contribution in [3.63, 3.8) is 0 Å². The van der Waals surface area contributed by atoms with Crippen LogP contribution in [0.5, 0.6) is 5.75 Å². The maximum atomic E-state index is 12.8. The van der Waals surface area contributed by atoms with E-state index in [2.05, 4.69) is 5.32 Å². The summed E-state index contributed by atoms with van der Waals surface area (Å²) in [5.74, 6) is 0.455. The first-order valence-corrected chi connectivity index (χ1v) is 11.0. The van der Waals surface area contributed by atoms with Crippen LogP contribution < -0.4 is 10.1 Å². The maximum absolute atomic E-state index is 12.8. The highest BCUT2D eigenvalue weighted by molar-refractivity contribution is 7.89. The molecule has 3 rings (SSSR count). The summed E-state index contributed by atoms with van der Waals surface area (Å²) in [5.41, 5.74) is 1.50. The molecule has 2 aromatic rings. The Balaban J connectivity index is 1.55. The molecule has 1 amide bonds. The van der Waals surface area contributed by atoms with Crippen molar-refractivity contribution >= 4 is 33.2 Å². The van der Waals surface area contributed by atoms with Crippen molar-refractivity contribution in [3.05, 3.63) is 53.1 Å². The fraction of sp³-hybridized carbons (Fsp3) is 0.350. The lowest BCUT2D eigenvalue weighted by molar-refractivity contribution is -0.117. The number of sulfonamides is 1. The predicted molar refractivity (Wildman–Crippen MR) is 113 cm³/mol. The summed E-state index contributed by atoms with van der Waals surface area (Å²) >= 11 is 6.08. The monoisotopic (exact) mass is 437 g/mol. The summed E-state index contributed by atoms with van der Waals surface area (Å²) in [6.07, 6.45) is 0. The highest BCUT2D eigenvalue weighted by Gasteiger charge is 2.29. The molecule has 0 aromatic heterocycles. The fourth-order valence-electron chi connectivity index (χ4n) is 3.16. The van der Waals surface area contributed by atoms with E-state index in [1.54, 1.807) is 42.5 Å². The number of hydrogen-bond acceptors (Lipinski definition) is 5. The van der Waals surface area contributed by atoms with Gasteiger partial charge in [-0.2, -0.15) is 4.31 Å². The molecule has 2 aromatic carbocycles. The van der Waals surface area contributed by atoms with Crippen molar-refractivity contribution in [2.24, 2.45) is 0 Å². The molecule has 9 heteroatoms. The molecule has 1 aliphatic rings. The van der Waals surface area contributed by atoms with Crippen LogP contribution in [0.15, 0.2) is 47.4 Å². The first-order valence-electron chi connectivity index (χ1n) is 9.23. The van der Waals surface area contributed by atoms with Gasteiger partial charge < -0.3 is 10.1 Å². The Morgan fingerprint density at radius 3 is 2.38 bits per heavy atom. The number of piperazine rings is 1. The van der Waals surface area contributed by atoms with Gasteiger partial charge in [-0.15, -0.1) is 0 Å². The van der Waals surface area contributed by atoms with Crippen LogP contribution in [0.3, 0.4) is 0 Å². The predicted octanol–water partition coefficient (Wildman–Crippen LogP) is 2.60. The number of nitrogens with zero attached hydrogens (tertiary/aromatic N) is 2. The first kappa shape index (κ1) is 21.6. The minimum absolute atomic E-state index is 0.151. The average molecular weight is 438 g/mol. The zero-order chi connectivity index (χ0) is 21.0. The molecule has 29 heavy (non-hydrogen) atoms. The Labute approximate surface area is 176 Å². The standard InChI is InChI=1S/C20H24ClN3O4S/c1-15-18(21)4-3-5-19(15)22-20(25)14-23-10-12-24(13-11-23)29(26,27)17-8-6-16(28-2)7-9-17/h3-9H,10-14H2,1-2H3,(H,22,25). The highest BCUT2D eigenvalue weighted by atomic mass is 35.5. The van der Waals surface area contributed by atoms with Crippen LogP contribution in [0, 0.1) is 6.92 Å². The summed E-state index contributed by atoms with van der Waals surface area (Å²) in [6.45, 7) is 3.67. The molecule has 7 nitrogen and oxygen atoms in total. The second-order valence-electron chi connectivity index (χ2n) is 6.82. The summed E-state index contributed by atoms with van der Waals surface area (Å²) in [5, 5.41) is 3.47. The maximum Gasteiger partial charge on any atom is 0.243 e. The number of anilines is 1. The van der Waals surface area contributed by atoms with Gasteiger partial charge in [-0.1, -0.05) is 17.7 Å². The van der Waals surface area contributed by atoms with Crippen LogP contribution in [0.4, 0.5) is 5.69 Å². The van der Waals surface area contributed by atoms with Gasteiger partial charge in [0, 0.05) is 36.9 Å². The lowest BCUT2D eigenvalue weighted by Gasteiger charge is -2.33. The largest absolute Gasteiger partial charge is 0.497 e. The van der Waals surface area contributed by atoms with Gasteiger partial charge in [0.1, 0.15) is 5.75 Å². The average Bonchev–Trinajstić information content (AvgIpc) is 2.72. The molecule has 0 atom stereocenters. The van der Waals surface area contributed by atoms with Gasteiger partial charge in [0.05, 0.1) is 18.6 Å². The number of methoxy groups -OCH3 is 1. The number of amides is 1. The van der Waals surface area contributed by atoms with Crippen LogP contribution in [-0.2, 0) is 14.8 Å². The van der Waals surface area contributed by atoms with Gasteiger partial charge in [-0.25, -0.2) is 8.42 Å². The van der Waals surface area contributed by atoms with Crippen LogP contribution in [0.25, 0.3) is 0 Å². The molecule has 0 unspecified atom stereocenters. The molecule has 1 heterocycles. The Hall–Kier alpha value is -2.13. The molecule has 1 fully saturated rings.